The molecule has 0 aromatic carbocycles. The first-order chi connectivity index (χ1) is 34.2. The third-order valence-electron chi connectivity index (χ3n) is 11.9. The lowest BCUT2D eigenvalue weighted by Crippen LogP contribution is -2.30. The van der Waals surface area contributed by atoms with Crippen LogP contribution in [-0.2, 0) is 42.2 Å². The maximum Gasteiger partial charge on any atom is 0.472 e. The van der Waals surface area contributed by atoms with E-state index in [9.17, 15) is 28.9 Å². The lowest BCUT2D eigenvalue weighted by atomic mass is 10.0. The Morgan fingerprint density at radius 2 is 0.743 bits per heavy atom. The highest BCUT2D eigenvalue weighted by molar-refractivity contribution is 7.47. The second kappa shape index (κ2) is 52.5. The summed E-state index contributed by atoms with van der Waals surface area (Å²) in [5, 5.41) is 9.79. The summed E-state index contributed by atoms with van der Waals surface area (Å²) in [6.07, 6.45) is 56.1. The number of carbonyl (C=O) groups excluding carboxylic acids is 3. The van der Waals surface area contributed by atoms with Crippen LogP contribution in [0.3, 0.4) is 0 Å². The van der Waals surface area contributed by atoms with Crippen molar-refractivity contribution in [1.29, 1.82) is 0 Å². The van der Waals surface area contributed by atoms with Gasteiger partial charge in [0.2, 0.25) is 0 Å². The summed E-state index contributed by atoms with van der Waals surface area (Å²) in [7, 11) is -4.75. The van der Waals surface area contributed by atoms with Crippen molar-refractivity contribution in [3.63, 3.8) is 0 Å². The van der Waals surface area contributed by atoms with Crippen LogP contribution in [0.25, 0.3) is 0 Å². The first kappa shape index (κ1) is 67.2. The molecule has 11 nitrogen and oxygen atoms in total. The van der Waals surface area contributed by atoms with Crippen LogP contribution in [0.4, 0.5) is 0 Å². The van der Waals surface area contributed by atoms with Crippen LogP contribution in [0.15, 0.2) is 60.8 Å². The number of unbranched alkanes of at least 4 members (excludes halogenated alkanes) is 25. The van der Waals surface area contributed by atoms with Crippen molar-refractivity contribution < 1.29 is 52.2 Å². The number of ether oxygens (including phenoxy) is 3. The van der Waals surface area contributed by atoms with Crippen LogP contribution in [0.5, 0.6) is 0 Å². The fourth-order valence-electron chi connectivity index (χ4n) is 7.64. The molecule has 0 amide bonds. The molecular weight excluding hydrogens is 904 g/mol. The van der Waals surface area contributed by atoms with E-state index in [0.29, 0.717) is 19.3 Å². The molecule has 12 heteroatoms. The van der Waals surface area contributed by atoms with Crippen molar-refractivity contribution >= 4 is 25.7 Å². The zero-order valence-corrected chi connectivity index (χ0v) is 45.6. The third-order valence-corrected chi connectivity index (χ3v) is 12.9. The Bertz CT molecular complexity index is 1410. The molecule has 0 radical (unpaired) electrons. The standard InChI is InChI=1S/C58H103O11P/c1-4-7-10-13-16-19-22-25-27-30-32-35-38-41-44-47-56(60)65-51-55(69-58(62)49-46-43-40-37-34-31-28-26-23-20-17-14-11-8-5-2)53-67-70(63,64)66-52-54(50-59)68-57(61)48-45-42-39-36-33-29-24-21-18-15-12-9-6-3/h7,10,16,19,21,24-25,27,32,35,54-55,59H,4-6,8-9,11-15,17-18,20,22-23,26,28-31,33-34,36-53H2,1-3H3,(H,63,64)/b10-7-,19-16-,24-21-,27-25-,35-32-. The molecule has 0 bridgehead atoms. The van der Waals surface area contributed by atoms with Gasteiger partial charge in [-0.2, -0.15) is 0 Å². The molecule has 70 heavy (non-hydrogen) atoms. The second-order valence-corrected chi connectivity index (χ2v) is 20.2. The number of rotatable bonds is 52. The Hall–Kier alpha value is -2.82. The largest absolute Gasteiger partial charge is 0.472 e. The van der Waals surface area contributed by atoms with Gasteiger partial charge in [-0.25, -0.2) is 4.57 Å². The van der Waals surface area contributed by atoms with Crippen molar-refractivity contribution in [2.75, 3.05) is 26.4 Å². The van der Waals surface area contributed by atoms with Crippen LogP contribution in [0.2, 0.25) is 0 Å². The molecule has 0 heterocycles. The van der Waals surface area contributed by atoms with Crippen LogP contribution in [-0.4, -0.2) is 66.5 Å². The highest BCUT2D eigenvalue weighted by atomic mass is 31.2. The average Bonchev–Trinajstić information content (AvgIpc) is 3.35. The van der Waals surface area contributed by atoms with Gasteiger partial charge in [-0.05, 0) is 83.5 Å². The normalized spacial score (nSPS) is 13.8. The highest BCUT2D eigenvalue weighted by Crippen LogP contribution is 2.43. The number of hydrogen-bond donors (Lipinski definition) is 2. The van der Waals surface area contributed by atoms with Gasteiger partial charge in [-0.15, -0.1) is 0 Å². The average molecular weight is 1010 g/mol. The van der Waals surface area contributed by atoms with E-state index in [-0.39, 0.29) is 25.9 Å². The predicted molar refractivity (Wildman–Crippen MR) is 288 cm³/mol. The number of carbonyl (C=O) groups is 3. The van der Waals surface area contributed by atoms with Crippen LogP contribution in [0.1, 0.15) is 252 Å². The summed E-state index contributed by atoms with van der Waals surface area (Å²) >= 11 is 0. The summed E-state index contributed by atoms with van der Waals surface area (Å²) < 4.78 is 39.4. The number of phosphoric acid groups is 1. The van der Waals surface area contributed by atoms with Crippen molar-refractivity contribution in [2.24, 2.45) is 0 Å². The van der Waals surface area contributed by atoms with E-state index < -0.39 is 57.8 Å². The molecule has 0 saturated carbocycles. The van der Waals surface area contributed by atoms with Crippen molar-refractivity contribution in [1.82, 2.24) is 0 Å². The smallest absolute Gasteiger partial charge is 0.462 e. The molecule has 0 fully saturated rings. The SMILES string of the molecule is CC/C=C\C/C=C\C/C=C\C/C=C\CCCCC(=O)OCC(COP(=O)(O)OCC(CO)OC(=O)CCCCCCC/C=C\CCCCCC)OC(=O)CCCCCCCCCCCCCCCCC. The summed E-state index contributed by atoms with van der Waals surface area (Å²) in [6.45, 7) is 4.47. The quantitative estimate of drug-likeness (QED) is 0.0197. The van der Waals surface area contributed by atoms with E-state index >= 15 is 0 Å². The Labute approximate surface area is 427 Å². The zero-order valence-electron chi connectivity index (χ0n) is 44.7. The van der Waals surface area contributed by atoms with E-state index in [1.54, 1.807) is 0 Å². The molecule has 3 atom stereocenters. The van der Waals surface area contributed by atoms with Crippen molar-refractivity contribution in [3.8, 4) is 0 Å². The molecule has 0 aliphatic carbocycles. The maximum atomic E-state index is 12.9. The molecule has 0 spiro atoms. The lowest BCUT2D eigenvalue weighted by Gasteiger charge is -2.21. The maximum absolute atomic E-state index is 12.9. The Kier molecular flexibility index (Phi) is 50.4. The van der Waals surface area contributed by atoms with Gasteiger partial charge in [0.15, 0.2) is 6.10 Å². The van der Waals surface area contributed by atoms with Gasteiger partial charge < -0.3 is 24.2 Å². The predicted octanol–water partition coefficient (Wildman–Crippen LogP) is 16.4. The first-order valence-corrected chi connectivity index (χ1v) is 29.7. The summed E-state index contributed by atoms with van der Waals surface area (Å²) in [5.74, 6) is -1.51. The molecule has 3 unspecified atom stereocenters. The molecule has 0 aromatic rings. The fraction of sp³-hybridized carbons (Fsp3) is 0.776. The Balaban J connectivity index is 4.78. The molecular formula is C58H103O11P. The lowest BCUT2D eigenvalue weighted by molar-refractivity contribution is -0.161. The number of phosphoric ester groups is 1. The minimum absolute atomic E-state index is 0.160. The number of hydrogen-bond acceptors (Lipinski definition) is 10. The monoisotopic (exact) mass is 1010 g/mol. The summed E-state index contributed by atoms with van der Waals surface area (Å²) in [6, 6.07) is 0. The minimum atomic E-state index is -4.75. The van der Waals surface area contributed by atoms with Gasteiger partial charge >= 0.3 is 25.7 Å². The van der Waals surface area contributed by atoms with E-state index in [1.165, 1.54) is 96.3 Å². The van der Waals surface area contributed by atoms with Gasteiger partial charge in [-0.3, -0.25) is 23.4 Å². The van der Waals surface area contributed by atoms with Crippen molar-refractivity contribution in [3.05, 3.63) is 60.8 Å². The molecule has 406 valence electrons. The van der Waals surface area contributed by atoms with E-state index in [1.807, 2.05) is 0 Å². The third kappa shape index (κ3) is 50.1. The van der Waals surface area contributed by atoms with Crippen LogP contribution < -0.4 is 0 Å². The topological polar surface area (TPSA) is 155 Å². The number of aliphatic hydroxyl groups excluding tert-OH is 1. The van der Waals surface area contributed by atoms with E-state index in [0.717, 1.165) is 96.3 Å². The first-order valence-electron chi connectivity index (χ1n) is 28.2. The van der Waals surface area contributed by atoms with Gasteiger partial charge in [0.25, 0.3) is 0 Å². The number of allylic oxidation sites excluding steroid dienone is 10. The molecule has 0 aromatic heterocycles. The zero-order chi connectivity index (χ0) is 51.3. The van der Waals surface area contributed by atoms with Gasteiger partial charge in [0.1, 0.15) is 12.7 Å². The molecule has 0 rings (SSSR count). The second-order valence-electron chi connectivity index (χ2n) is 18.7. The van der Waals surface area contributed by atoms with Crippen molar-refractivity contribution in [2.45, 2.75) is 264 Å². The van der Waals surface area contributed by atoms with E-state index in [2.05, 4.69) is 81.5 Å². The van der Waals surface area contributed by atoms with Gasteiger partial charge in [-0.1, -0.05) is 210 Å². The summed E-state index contributed by atoms with van der Waals surface area (Å²) in [5.41, 5.74) is 0. The molecule has 0 aliphatic rings. The molecule has 0 saturated heterocycles. The number of esters is 3. The van der Waals surface area contributed by atoms with Crippen LogP contribution >= 0.6 is 7.82 Å². The summed E-state index contributed by atoms with van der Waals surface area (Å²) in [4.78, 5) is 48.4. The Morgan fingerprint density at radius 1 is 0.414 bits per heavy atom. The van der Waals surface area contributed by atoms with Crippen LogP contribution in [0, 0.1) is 0 Å². The molecule has 2 N–H and O–H groups in total. The van der Waals surface area contributed by atoms with Gasteiger partial charge in [0, 0.05) is 19.3 Å². The fourth-order valence-corrected chi connectivity index (χ4v) is 8.42. The Morgan fingerprint density at radius 3 is 1.20 bits per heavy atom. The highest BCUT2D eigenvalue weighted by Gasteiger charge is 2.28. The minimum Gasteiger partial charge on any atom is -0.462 e. The number of aliphatic hydroxyl groups is 1. The van der Waals surface area contributed by atoms with E-state index in [4.69, 9.17) is 23.3 Å². The van der Waals surface area contributed by atoms with Gasteiger partial charge in [0.05, 0.1) is 19.8 Å². The molecule has 0 aliphatic heterocycles.